The third-order valence-corrected chi connectivity index (χ3v) is 6.06. The Morgan fingerprint density at radius 1 is 1.05 bits per heavy atom. The van der Waals surface area contributed by atoms with E-state index in [1.807, 2.05) is 0 Å². The largest absolute Gasteiger partial charge is 0.341 e. The molecule has 22 heavy (non-hydrogen) atoms. The molecule has 2 aliphatic heterocycles. The Morgan fingerprint density at radius 2 is 1.73 bits per heavy atom. The van der Waals surface area contributed by atoms with Crippen molar-refractivity contribution in [2.75, 3.05) is 26.2 Å². The summed E-state index contributed by atoms with van der Waals surface area (Å²) in [6, 6.07) is 2.53. The molecule has 3 heterocycles. The molecule has 0 aromatic carbocycles. The van der Waals surface area contributed by atoms with Crippen molar-refractivity contribution >= 4 is 15.9 Å². The van der Waals surface area contributed by atoms with Crippen LogP contribution in [-0.4, -0.2) is 54.3 Å². The van der Waals surface area contributed by atoms with Crippen molar-refractivity contribution in [1.82, 2.24) is 13.8 Å². The van der Waals surface area contributed by atoms with Crippen LogP contribution in [0.4, 0.5) is 0 Å². The van der Waals surface area contributed by atoms with Gasteiger partial charge in [-0.3, -0.25) is 9.59 Å². The number of likely N-dealkylation sites (tertiary alicyclic amines) is 1. The first-order valence-corrected chi connectivity index (χ1v) is 8.91. The van der Waals surface area contributed by atoms with Gasteiger partial charge in [-0.1, -0.05) is 0 Å². The van der Waals surface area contributed by atoms with Crippen LogP contribution < -0.4 is 5.56 Å². The Balaban J connectivity index is 1.85. The number of sulfonamides is 1. The zero-order valence-corrected chi connectivity index (χ0v) is 13.1. The molecule has 3 rings (SSSR count). The summed E-state index contributed by atoms with van der Waals surface area (Å²) in [6.45, 7) is 2.32. The fourth-order valence-electron chi connectivity index (χ4n) is 2.67. The molecule has 120 valence electrons. The smallest absolute Gasteiger partial charge is 0.251 e. The van der Waals surface area contributed by atoms with E-state index in [1.165, 1.54) is 27.2 Å². The maximum Gasteiger partial charge on any atom is 0.251 e. The van der Waals surface area contributed by atoms with Crippen LogP contribution in [-0.2, 0) is 21.4 Å². The van der Waals surface area contributed by atoms with Crippen LogP contribution in [0.2, 0.25) is 0 Å². The van der Waals surface area contributed by atoms with Gasteiger partial charge in [0.1, 0.15) is 6.54 Å². The summed E-state index contributed by atoms with van der Waals surface area (Å²) in [5, 5.41) is 0. The van der Waals surface area contributed by atoms with Gasteiger partial charge in [-0.25, -0.2) is 8.42 Å². The zero-order valence-electron chi connectivity index (χ0n) is 12.3. The monoisotopic (exact) mass is 325 g/mol. The molecule has 1 amide bonds. The van der Waals surface area contributed by atoms with Gasteiger partial charge in [0.05, 0.1) is 4.90 Å². The summed E-state index contributed by atoms with van der Waals surface area (Å²) in [4.78, 5) is 25.6. The van der Waals surface area contributed by atoms with Gasteiger partial charge in [-0.05, 0) is 25.3 Å². The average molecular weight is 325 g/mol. The number of nitrogens with zero attached hydrogens (tertiary/aromatic N) is 3. The number of pyridine rings is 1. The second kappa shape index (κ2) is 5.85. The number of carbonyl (C=O) groups is 1. The van der Waals surface area contributed by atoms with Gasteiger partial charge in [0.15, 0.2) is 0 Å². The number of amides is 1. The first kappa shape index (κ1) is 15.2. The molecule has 2 fully saturated rings. The Morgan fingerprint density at radius 3 is 2.32 bits per heavy atom. The molecule has 0 unspecified atom stereocenters. The number of hydrogen-bond donors (Lipinski definition) is 0. The lowest BCUT2D eigenvalue weighted by Gasteiger charge is -2.31. The zero-order chi connectivity index (χ0) is 15.7. The van der Waals surface area contributed by atoms with E-state index in [0.29, 0.717) is 26.2 Å². The van der Waals surface area contributed by atoms with Crippen LogP contribution in [0.5, 0.6) is 0 Å². The minimum absolute atomic E-state index is 0.0745. The van der Waals surface area contributed by atoms with Crippen LogP contribution in [0.3, 0.4) is 0 Å². The van der Waals surface area contributed by atoms with Crippen molar-refractivity contribution in [3.8, 4) is 0 Å². The molecule has 0 N–H and O–H groups in total. The Labute approximate surface area is 129 Å². The molecule has 7 nitrogen and oxygen atoms in total. The van der Waals surface area contributed by atoms with Crippen molar-refractivity contribution < 1.29 is 13.2 Å². The van der Waals surface area contributed by atoms with Crippen molar-refractivity contribution in [3.63, 3.8) is 0 Å². The van der Waals surface area contributed by atoms with E-state index in [1.54, 1.807) is 4.90 Å². The topological polar surface area (TPSA) is 79.7 Å². The molecule has 8 heteroatoms. The number of rotatable bonds is 4. The predicted molar refractivity (Wildman–Crippen MR) is 79.9 cm³/mol. The highest BCUT2D eigenvalue weighted by Crippen LogP contribution is 2.19. The van der Waals surface area contributed by atoms with E-state index < -0.39 is 10.0 Å². The van der Waals surface area contributed by atoms with Crippen LogP contribution in [0.1, 0.15) is 19.3 Å². The second-order valence-corrected chi connectivity index (χ2v) is 7.61. The molecule has 2 aliphatic rings. The first-order chi connectivity index (χ1) is 10.5. The maximum atomic E-state index is 12.5. The van der Waals surface area contributed by atoms with E-state index in [4.69, 9.17) is 0 Å². The quantitative estimate of drug-likeness (QED) is 0.772. The molecule has 1 aromatic rings. The summed E-state index contributed by atoms with van der Waals surface area (Å²) in [7, 11) is -3.58. The van der Waals surface area contributed by atoms with Crippen molar-refractivity contribution in [3.05, 3.63) is 28.7 Å². The second-order valence-electron chi connectivity index (χ2n) is 5.68. The molecule has 0 saturated carbocycles. The average Bonchev–Trinajstić information content (AvgIpc) is 2.93. The molecule has 0 radical (unpaired) electrons. The summed E-state index contributed by atoms with van der Waals surface area (Å²) in [5.74, 6) is -0.149. The lowest BCUT2D eigenvalue weighted by atomic mass is 10.2. The SMILES string of the molecule is O=C(Cn1cc(S(=O)(=O)N2CCCC2)ccc1=O)N1CCC1. The van der Waals surface area contributed by atoms with Gasteiger partial charge in [-0.15, -0.1) is 0 Å². The van der Waals surface area contributed by atoms with Gasteiger partial charge in [0.25, 0.3) is 5.56 Å². The lowest BCUT2D eigenvalue weighted by molar-refractivity contribution is -0.135. The van der Waals surface area contributed by atoms with E-state index in [9.17, 15) is 18.0 Å². The highest BCUT2D eigenvalue weighted by Gasteiger charge is 2.28. The van der Waals surface area contributed by atoms with Crippen molar-refractivity contribution in [1.29, 1.82) is 0 Å². The molecular formula is C14H19N3O4S. The molecule has 0 spiro atoms. The van der Waals surface area contributed by atoms with Gasteiger partial charge in [0, 0.05) is 38.4 Å². The van der Waals surface area contributed by atoms with Gasteiger partial charge in [0.2, 0.25) is 15.9 Å². The molecule has 1 aromatic heterocycles. The lowest BCUT2D eigenvalue weighted by Crippen LogP contribution is -2.44. The molecule has 0 bridgehead atoms. The first-order valence-electron chi connectivity index (χ1n) is 7.47. The van der Waals surface area contributed by atoms with E-state index in [0.717, 1.165) is 19.3 Å². The van der Waals surface area contributed by atoms with E-state index in [2.05, 4.69) is 0 Å². The number of aromatic nitrogens is 1. The van der Waals surface area contributed by atoms with Crippen LogP contribution in [0.15, 0.2) is 28.0 Å². The molecule has 2 saturated heterocycles. The van der Waals surface area contributed by atoms with Crippen LogP contribution in [0.25, 0.3) is 0 Å². The van der Waals surface area contributed by atoms with E-state index >= 15 is 0 Å². The van der Waals surface area contributed by atoms with Crippen molar-refractivity contribution in [2.45, 2.75) is 30.7 Å². The third-order valence-electron chi connectivity index (χ3n) is 4.17. The fourth-order valence-corrected chi connectivity index (χ4v) is 4.21. The highest BCUT2D eigenvalue weighted by molar-refractivity contribution is 7.89. The van der Waals surface area contributed by atoms with Crippen molar-refractivity contribution in [2.24, 2.45) is 0 Å². The van der Waals surface area contributed by atoms with Crippen LogP contribution >= 0.6 is 0 Å². The number of carbonyl (C=O) groups excluding carboxylic acids is 1. The summed E-state index contributed by atoms with van der Waals surface area (Å²) >= 11 is 0. The fraction of sp³-hybridized carbons (Fsp3) is 0.571. The van der Waals surface area contributed by atoms with Gasteiger partial charge in [-0.2, -0.15) is 4.31 Å². The minimum Gasteiger partial charge on any atom is -0.341 e. The Kier molecular flexibility index (Phi) is 4.05. The maximum absolute atomic E-state index is 12.5. The predicted octanol–water partition coefficient (Wildman–Crippen LogP) is -0.135. The standard InChI is InChI=1S/C14H19N3O4S/c18-13-5-4-12(22(20,21)17-8-1-2-9-17)10-16(13)11-14(19)15-6-3-7-15/h4-5,10H,1-3,6-9,11H2. The van der Waals surface area contributed by atoms with Gasteiger partial charge < -0.3 is 9.47 Å². The van der Waals surface area contributed by atoms with Gasteiger partial charge >= 0.3 is 0 Å². The summed E-state index contributed by atoms with van der Waals surface area (Å²) in [5.41, 5.74) is -0.366. The molecular weight excluding hydrogens is 306 g/mol. The minimum atomic E-state index is -3.58. The summed E-state index contributed by atoms with van der Waals surface area (Å²) in [6.07, 6.45) is 3.97. The number of hydrogen-bond acceptors (Lipinski definition) is 4. The normalized spacial score (nSPS) is 19.2. The van der Waals surface area contributed by atoms with E-state index in [-0.39, 0.29) is 22.9 Å². The Hall–Kier alpha value is -1.67. The van der Waals surface area contributed by atoms with Crippen LogP contribution in [0, 0.1) is 0 Å². The third kappa shape index (κ3) is 2.80. The molecule has 0 atom stereocenters. The highest BCUT2D eigenvalue weighted by atomic mass is 32.2. The summed E-state index contributed by atoms with van der Waals surface area (Å²) < 4.78 is 27.6. The Bertz CT molecular complexity index is 731. The molecule has 0 aliphatic carbocycles.